The van der Waals surface area contributed by atoms with Crippen LogP contribution in [0.1, 0.15) is 8.22 Å². The predicted octanol–water partition coefficient (Wildman–Crippen LogP) is 6.18. The second-order valence-electron chi connectivity index (χ2n) is 5.47. The molecule has 3 heteroatoms. The van der Waals surface area contributed by atoms with E-state index in [1.54, 1.807) is 24.4 Å². The molecule has 0 fully saturated rings. The van der Waals surface area contributed by atoms with Gasteiger partial charge < -0.3 is 0 Å². The zero-order valence-corrected chi connectivity index (χ0v) is 13.7. The zero-order valence-electron chi connectivity index (χ0n) is 18.9. The van der Waals surface area contributed by atoms with Gasteiger partial charge in [0.05, 0.1) is 19.6 Å². The maximum absolute atomic E-state index is 8.22. The number of hydrogen-bond acceptors (Lipinski definition) is 3. The molecule has 0 atom stereocenters. The highest BCUT2D eigenvalue weighted by Crippen LogP contribution is 2.39. The molecule has 3 heterocycles. The number of rotatable bonds is 2. The number of thiophene rings is 1. The Labute approximate surface area is 157 Å². The molecule has 0 radical (unpaired) electrons. The van der Waals surface area contributed by atoms with Crippen LogP contribution in [-0.2, 0) is 0 Å². The smallest absolute Gasteiger partial charge is 0.125 e. The van der Waals surface area contributed by atoms with Crippen molar-refractivity contribution in [1.29, 1.82) is 0 Å². The number of pyridine rings is 2. The highest BCUT2D eigenvalue weighted by atomic mass is 32.1. The van der Waals surface area contributed by atoms with Crippen molar-refractivity contribution >= 4 is 31.6 Å². The first-order chi connectivity index (χ1) is 14.9. The Balaban J connectivity index is 1.76. The van der Waals surface area contributed by atoms with Gasteiger partial charge in [0.15, 0.2) is 0 Å². The molecule has 0 aliphatic rings. The van der Waals surface area contributed by atoms with Crippen LogP contribution >= 0.6 is 11.3 Å². The molecule has 2 nitrogen and oxygen atoms in total. The molecule has 118 valence electrons. The molecule has 0 aliphatic heterocycles. The van der Waals surface area contributed by atoms with Crippen LogP contribution < -0.4 is 0 Å². The Bertz CT molecular complexity index is 1480. The summed E-state index contributed by atoms with van der Waals surface area (Å²) in [6, 6.07) is 11.5. The number of nitrogens with zero attached hydrogens (tertiary/aromatic N) is 2. The summed E-state index contributed by atoms with van der Waals surface area (Å²) in [5.74, 6) is 0. The summed E-state index contributed by atoms with van der Waals surface area (Å²) >= 11 is 1.46. The van der Waals surface area contributed by atoms with Crippen molar-refractivity contribution in [1.82, 2.24) is 9.97 Å². The fourth-order valence-corrected chi connectivity index (χ4v) is 4.07. The van der Waals surface area contributed by atoms with Gasteiger partial charge in [0.25, 0.3) is 0 Å². The van der Waals surface area contributed by atoms with Crippen molar-refractivity contribution in [2.24, 2.45) is 0 Å². The van der Waals surface area contributed by atoms with Crippen molar-refractivity contribution in [3.8, 4) is 22.5 Å². The molecular weight excluding hydrogens is 324 g/mol. The van der Waals surface area contributed by atoms with Crippen LogP contribution in [0.2, 0.25) is 0 Å². The minimum Gasteiger partial charge on any atom is -0.256 e. The van der Waals surface area contributed by atoms with E-state index >= 15 is 0 Å². The van der Waals surface area contributed by atoms with Gasteiger partial charge in [-0.2, -0.15) is 0 Å². The minimum absolute atomic E-state index is 0.0918. The van der Waals surface area contributed by atoms with Gasteiger partial charge in [0.1, 0.15) is 4.83 Å². The van der Waals surface area contributed by atoms with Crippen molar-refractivity contribution in [3.63, 3.8) is 0 Å². The average Bonchev–Trinajstić information content (AvgIpc) is 3.14. The van der Waals surface area contributed by atoms with Crippen LogP contribution in [0.3, 0.4) is 0 Å². The summed E-state index contributed by atoms with van der Waals surface area (Å²) in [7, 11) is 0. The van der Waals surface area contributed by atoms with Gasteiger partial charge in [-0.05, 0) is 24.3 Å². The lowest BCUT2D eigenvalue weighted by molar-refractivity contribution is 1.33. The molecule has 0 amide bonds. The maximum atomic E-state index is 8.22. The van der Waals surface area contributed by atoms with Gasteiger partial charge in [-0.1, -0.05) is 54.5 Å². The molecule has 25 heavy (non-hydrogen) atoms. The SMILES string of the molecule is [2H]c1ccnc(-c2cccc3c2sc2nc(-c4c([2H])c([2H])c([2H])c([2H])c4[2H])ccc23)c1. The first kappa shape index (κ1) is 9.44. The summed E-state index contributed by atoms with van der Waals surface area (Å²) in [6.45, 7) is 0. The van der Waals surface area contributed by atoms with E-state index in [1.165, 1.54) is 11.3 Å². The highest BCUT2D eigenvalue weighted by Gasteiger charge is 2.12. The van der Waals surface area contributed by atoms with Gasteiger partial charge in [-0.3, -0.25) is 4.98 Å². The molecule has 2 aromatic carbocycles. The number of aromatic nitrogens is 2. The third-order valence-corrected chi connectivity index (χ3v) is 5.15. The fraction of sp³-hybridized carbons (Fsp3) is 0. The normalized spacial score (nSPS) is 14.6. The molecule has 0 bridgehead atoms. The predicted molar refractivity (Wildman–Crippen MR) is 106 cm³/mol. The molecule has 0 spiro atoms. The first-order valence-corrected chi connectivity index (χ1v) is 8.51. The second kappa shape index (κ2) is 5.80. The van der Waals surface area contributed by atoms with Crippen LogP contribution in [-0.4, -0.2) is 9.97 Å². The summed E-state index contributed by atoms with van der Waals surface area (Å²) in [4.78, 5) is 9.77. The average molecular weight is 344 g/mol. The lowest BCUT2D eigenvalue weighted by atomic mass is 10.1. The third kappa shape index (κ3) is 2.41. The van der Waals surface area contributed by atoms with E-state index in [0.717, 1.165) is 21.0 Å². The maximum Gasteiger partial charge on any atom is 0.125 e. The van der Waals surface area contributed by atoms with Crippen LogP contribution in [0.25, 0.3) is 42.8 Å². The van der Waals surface area contributed by atoms with Crippen molar-refractivity contribution in [3.05, 3.63) is 84.9 Å². The topological polar surface area (TPSA) is 25.8 Å². The summed E-state index contributed by atoms with van der Waals surface area (Å²) < 4.78 is 48.9. The Morgan fingerprint density at radius 1 is 0.800 bits per heavy atom. The second-order valence-corrected chi connectivity index (χ2v) is 6.47. The van der Waals surface area contributed by atoms with E-state index in [2.05, 4.69) is 9.97 Å². The Morgan fingerprint density at radius 2 is 1.72 bits per heavy atom. The molecule has 0 aliphatic carbocycles. The quantitative estimate of drug-likeness (QED) is 0.382. The zero-order chi connectivity index (χ0) is 21.9. The highest BCUT2D eigenvalue weighted by molar-refractivity contribution is 7.26. The van der Waals surface area contributed by atoms with E-state index in [0.29, 0.717) is 22.3 Å². The minimum atomic E-state index is -0.421. The lowest BCUT2D eigenvalue weighted by Crippen LogP contribution is -1.82. The molecule has 0 saturated carbocycles. The van der Waals surface area contributed by atoms with Crippen LogP contribution in [0.15, 0.2) is 84.9 Å². The monoisotopic (exact) mass is 344 g/mol. The number of benzene rings is 2. The van der Waals surface area contributed by atoms with Gasteiger partial charge in [-0.25, -0.2) is 4.98 Å². The number of hydrogen-bond donors (Lipinski definition) is 0. The van der Waals surface area contributed by atoms with Crippen molar-refractivity contribution < 1.29 is 8.22 Å². The molecule has 0 saturated heterocycles. The van der Waals surface area contributed by atoms with Crippen LogP contribution in [0.4, 0.5) is 0 Å². The van der Waals surface area contributed by atoms with E-state index in [9.17, 15) is 0 Å². The molecule has 0 unspecified atom stereocenters. The van der Waals surface area contributed by atoms with Gasteiger partial charge in [0, 0.05) is 32.8 Å². The van der Waals surface area contributed by atoms with Crippen LogP contribution in [0.5, 0.6) is 0 Å². The summed E-state index contributed by atoms with van der Waals surface area (Å²) in [5.41, 5.74) is 2.03. The fourth-order valence-electron chi connectivity index (χ4n) is 2.87. The first-order valence-electron chi connectivity index (χ1n) is 10.7. The van der Waals surface area contributed by atoms with Gasteiger partial charge in [0.2, 0.25) is 0 Å². The van der Waals surface area contributed by atoms with Crippen molar-refractivity contribution in [2.75, 3.05) is 0 Å². The molecule has 5 rings (SSSR count). The summed E-state index contributed by atoms with van der Waals surface area (Å²) in [6.07, 6.45) is 1.61. The lowest BCUT2D eigenvalue weighted by Gasteiger charge is -2.01. The Kier molecular flexibility index (Phi) is 2.19. The van der Waals surface area contributed by atoms with Crippen molar-refractivity contribution in [2.45, 2.75) is 0 Å². The summed E-state index contributed by atoms with van der Waals surface area (Å²) in [5, 5.41) is 1.91. The molecule has 3 aromatic heterocycles. The van der Waals surface area contributed by atoms with Gasteiger partial charge in [-0.15, -0.1) is 11.3 Å². The van der Waals surface area contributed by atoms with E-state index in [-0.39, 0.29) is 29.7 Å². The largest absolute Gasteiger partial charge is 0.256 e. The van der Waals surface area contributed by atoms with Crippen LogP contribution in [0, 0.1) is 0 Å². The molecule has 5 aromatic rings. The molecule has 0 N–H and O–H groups in total. The molecular formula is C22H14N2S. The van der Waals surface area contributed by atoms with E-state index < -0.39 is 6.04 Å². The number of fused-ring (bicyclic) bond motifs is 3. The van der Waals surface area contributed by atoms with Gasteiger partial charge >= 0.3 is 0 Å². The Hall–Kier alpha value is -3.04. The third-order valence-electron chi connectivity index (χ3n) is 4.00. The standard InChI is InChI=1S/C22H14N2S/c1-2-7-15(8-3-1)19-13-12-17-16-9-6-10-18(20-11-4-5-14-23-20)21(16)25-22(17)24-19/h1-14H/i1D,2D,3D,4D,7D,8D. The van der Waals surface area contributed by atoms with E-state index in [4.69, 9.17) is 8.22 Å². The van der Waals surface area contributed by atoms with E-state index in [1.807, 2.05) is 24.3 Å². The Morgan fingerprint density at radius 3 is 2.60 bits per heavy atom.